The van der Waals surface area contributed by atoms with Crippen LogP contribution in [-0.4, -0.2) is 20.7 Å². The van der Waals surface area contributed by atoms with Gasteiger partial charge in [0.05, 0.1) is 19.8 Å². The minimum absolute atomic E-state index is 0.0225. The second-order valence-electron chi connectivity index (χ2n) is 4.76. The van der Waals surface area contributed by atoms with Gasteiger partial charge >= 0.3 is 0 Å². The first-order valence-corrected chi connectivity index (χ1v) is 7.67. The summed E-state index contributed by atoms with van der Waals surface area (Å²) >= 11 is 3.45. The van der Waals surface area contributed by atoms with Gasteiger partial charge in [0.25, 0.3) is 0 Å². The minimum Gasteiger partial charge on any atom is -0.497 e. The van der Waals surface area contributed by atoms with Crippen molar-refractivity contribution in [3.05, 3.63) is 64.1 Å². The number of nitrogens with one attached hydrogen (secondary N) is 1. The van der Waals surface area contributed by atoms with Gasteiger partial charge in [-0.2, -0.15) is 0 Å². The van der Waals surface area contributed by atoms with Gasteiger partial charge in [-0.1, -0.05) is 40.2 Å². The quantitative estimate of drug-likeness (QED) is 0.821. The summed E-state index contributed by atoms with van der Waals surface area (Å²) in [5.74, 6) is 0.852. The molecule has 0 saturated heterocycles. The van der Waals surface area contributed by atoms with Crippen molar-refractivity contribution in [3.63, 3.8) is 0 Å². The molecule has 0 aliphatic carbocycles. The van der Waals surface area contributed by atoms with Crippen LogP contribution in [0.4, 0.5) is 0 Å². The summed E-state index contributed by atoms with van der Waals surface area (Å²) in [6.45, 7) is 1.32. The average molecular weight is 350 g/mol. The van der Waals surface area contributed by atoms with Crippen LogP contribution in [0.2, 0.25) is 0 Å². The summed E-state index contributed by atoms with van der Waals surface area (Å²) in [7, 11) is 3.60. The summed E-state index contributed by atoms with van der Waals surface area (Å²) in [4.78, 5) is 0. The highest BCUT2D eigenvalue weighted by Crippen LogP contribution is 2.22. The predicted molar refractivity (Wildman–Crippen MR) is 88.6 cm³/mol. The molecule has 3 nitrogen and oxygen atoms in total. The molecular weight excluding hydrogens is 330 g/mol. The molecule has 2 aromatic carbocycles. The summed E-state index contributed by atoms with van der Waals surface area (Å²) in [5, 5.41) is 3.18. The van der Waals surface area contributed by atoms with E-state index in [4.69, 9.17) is 9.47 Å². The van der Waals surface area contributed by atoms with Gasteiger partial charge < -0.3 is 14.8 Å². The van der Waals surface area contributed by atoms with Crippen LogP contribution in [0.15, 0.2) is 53.0 Å². The molecule has 0 saturated carbocycles. The standard InChI is InChI=1S/C17H20BrNO2/c1-19-11-17(14-6-8-15(18)9-7-14)21-12-13-4-3-5-16(10-13)20-2/h3-10,17,19H,11-12H2,1-2H3. The third-order valence-electron chi connectivity index (χ3n) is 3.22. The average Bonchev–Trinajstić information content (AvgIpc) is 2.52. The van der Waals surface area contributed by atoms with Crippen molar-refractivity contribution in [2.24, 2.45) is 0 Å². The van der Waals surface area contributed by atoms with Crippen LogP contribution in [0.5, 0.6) is 5.75 Å². The number of benzene rings is 2. The molecule has 2 rings (SSSR count). The van der Waals surface area contributed by atoms with Crippen LogP contribution in [0.25, 0.3) is 0 Å². The summed E-state index contributed by atoms with van der Waals surface area (Å²) < 4.78 is 12.4. The Kier molecular flexibility index (Phi) is 6.23. The topological polar surface area (TPSA) is 30.5 Å². The normalized spacial score (nSPS) is 12.1. The number of hydrogen-bond acceptors (Lipinski definition) is 3. The lowest BCUT2D eigenvalue weighted by molar-refractivity contribution is 0.0410. The molecule has 0 aromatic heterocycles. The summed E-state index contributed by atoms with van der Waals surface area (Å²) in [6.07, 6.45) is 0.0225. The van der Waals surface area contributed by atoms with Crippen molar-refractivity contribution < 1.29 is 9.47 Å². The zero-order valence-electron chi connectivity index (χ0n) is 12.3. The molecule has 0 fully saturated rings. The highest BCUT2D eigenvalue weighted by atomic mass is 79.9. The van der Waals surface area contributed by atoms with E-state index >= 15 is 0 Å². The van der Waals surface area contributed by atoms with Crippen LogP contribution in [0.3, 0.4) is 0 Å². The van der Waals surface area contributed by atoms with E-state index in [0.29, 0.717) is 6.61 Å². The third kappa shape index (κ3) is 4.84. The first-order valence-electron chi connectivity index (χ1n) is 6.87. The number of likely N-dealkylation sites (N-methyl/N-ethyl adjacent to an activating group) is 1. The molecule has 1 atom stereocenters. The van der Waals surface area contributed by atoms with Crippen molar-refractivity contribution >= 4 is 15.9 Å². The van der Waals surface area contributed by atoms with Gasteiger partial charge in [0.2, 0.25) is 0 Å². The van der Waals surface area contributed by atoms with Crippen LogP contribution >= 0.6 is 15.9 Å². The molecular formula is C17H20BrNO2. The lowest BCUT2D eigenvalue weighted by Gasteiger charge is -2.18. The largest absolute Gasteiger partial charge is 0.497 e. The number of methoxy groups -OCH3 is 1. The van der Waals surface area contributed by atoms with E-state index < -0.39 is 0 Å². The van der Waals surface area contributed by atoms with E-state index in [1.54, 1.807) is 7.11 Å². The van der Waals surface area contributed by atoms with Gasteiger partial charge in [-0.15, -0.1) is 0 Å². The molecule has 0 aliphatic rings. The van der Waals surface area contributed by atoms with Crippen LogP contribution in [0.1, 0.15) is 17.2 Å². The zero-order chi connectivity index (χ0) is 15.1. The first-order chi connectivity index (χ1) is 10.2. The summed E-state index contributed by atoms with van der Waals surface area (Å²) in [6, 6.07) is 16.2. The SMILES string of the molecule is CNCC(OCc1cccc(OC)c1)c1ccc(Br)cc1. The van der Waals surface area contributed by atoms with Crippen molar-refractivity contribution in [1.29, 1.82) is 0 Å². The number of rotatable bonds is 7. The Morgan fingerprint density at radius 3 is 2.57 bits per heavy atom. The molecule has 1 unspecified atom stereocenters. The Morgan fingerprint density at radius 1 is 1.14 bits per heavy atom. The maximum atomic E-state index is 6.06. The second kappa shape index (κ2) is 8.17. The Balaban J connectivity index is 2.04. The highest BCUT2D eigenvalue weighted by molar-refractivity contribution is 9.10. The Hall–Kier alpha value is -1.36. The van der Waals surface area contributed by atoms with Crippen molar-refractivity contribution in [2.45, 2.75) is 12.7 Å². The highest BCUT2D eigenvalue weighted by Gasteiger charge is 2.11. The van der Waals surface area contributed by atoms with Gasteiger partial charge in [0.15, 0.2) is 0 Å². The van der Waals surface area contributed by atoms with E-state index in [2.05, 4.69) is 33.4 Å². The zero-order valence-corrected chi connectivity index (χ0v) is 13.9. The Labute approximate surface area is 134 Å². The third-order valence-corrected chi connectivity index (χ3v) is 3.75. The molecule has 0 bridgehead atoms. The van der Waals surface area contributed by atoms with E-state index in [-0.39, 0.29) is 6.10 Å². The van der Waals surface area contributed by atoms with Gasteiger partial charge in [-0.3, -0.25) is 0 Å². The number of halogens is 1. The number of hydrogen-bond donors (Lipinski definition) is 1. The van der Waals surface area contributed by atoms with Crippen molar-refractivity contribution in [1.82, 2.24) is 5.32 Å². The molecule has 112 valence electrons. The number of ether oxygens (including phenoxy) is 2. The van der Waals surface area contributed by atoms with Gasteiger partial charge in [0, 0.05) is 11.0 Å². The van der Waals surface area contributed by atoms with Crippen LogP contribution in [0, 0.1) is 0 Å². The van der Waals surface area contributed by atoms with Gasteiger partial charge in [-0.05, 0) is 42.4 Å². The Bertz CT molecular complexity index is 557. The van der Waals surface area contributed by atoms with Crippen molar-refractivity contribution in [2.75, 3.05) is 20.7 Å². The molecule has 21 heavy (non-hydrogen) atoms. The lowest BCUT2D eigenvalue weighted by atomic mass is 10.1. The fourth-order valence-electron chi connectivity index (χ4n) is 2.09. The smallest absolute Gasteiger partial charge is 0.119 e. The van der Waals surface area contributed by atoms with Gasteiger partial charge in [0.1, 0.15) is 5.75 Å². The van der Waals surface area contributed by atoms with Crippen molar-refractivity contribution in [3.8, 4) is 5.75 Å². The molecule has 0 amide bonds. The van der Waals surface area contributed by atoms with E-state index in [1.165, 1.54) is 0 Å². The maximum absolute atomic E-state index is 6.06. The minimum atomic E-state index is 0.0225. The molecule has 0 spiro atoms. The predicted octanol–water partition coefficient (Wildman–Crippen LogP) is 3.94. The summed E-state index contributed by atoms with van der Waals surface area (Å²) in [5.41, 5.74) is 2.27. The lowest BCUT2D eigenvalue weighted by Crippen LogP contribution is -2.19. The fraction of sp³-hybridized carbons (Fsp3) is 0.294. The van der Waals surface area contributed by atoms with E-state index in [0.717, 1.165) is 27.9 Å². The second-order valence-corrected chi connectivity index (χ2v) is 5.68. The molecule has 0 heterocycles. The maximum Gasteiger partial charge on any atom is 0.119 e. The van der Waals surface area contributed by atoms with E-state index in [9.17, 15) is 0 Å². The monoisotopic (exact) mass is 349 g/mol. The van der Waals surface area contributed by atoms with Crippen LogP contribution in [-0.2, 0) is 11.3 Å². The van der Waals surface area contributed by atoms with Crippen LogP contribution < -0.4 is 10.1 Å². The Morgan fingerprint density at radius 2 is 1.90 bits per heavy atom. The molecule has 2 aromatic rings. The van der Waals surface area contributed by atoms with Gasteiger partial charge in [-0.25, -0.2) is 0 Å². The molecule has 1 N–H and O–H groups in total. The van der Waals surface area contributed by atoms with E-state index in [1.807, 2.05) is 43.4 Å². The molecule has 0 aliphatic heterocycles. The molecule has 0 radical (unpaired) electrons. The fourth-order valence-corrected chi connectivity index (χ4v) is 2.36. The molecule has 4 heteroatoms. The first kappa shape index (κ1) is 16.0.